The van der Waals surface area contributed by atoms with Gasteiger partial charge in [-0.25, -0.2) is 9.67 Å². The van der Waals surface area contributed by atoms with Gasteiger partial charge < -0.3 is 9.88 Å². The van der Waals surface area contributed by atoms with Gasteiger partial charge in [0.15, 0.2) is 0 Å². The zero-order valence-electron chi connectivity index (χ0n) is 10.7. The molecular formula is C14H15N5. The van der Waals surface area contributed by atoms with Crippen molar-refractivity contribution < 1.29 is 0 Å². The van der Waals surface area contributed by atoms with Crippen LogP contribution in [0, 0.1) is 0 Å². The molecule has 5 nitrogen and oxygen atoms in total. The minimum Gasteiger partial charge on any atom is -0.379 e. The summed E-state index contributed by atoms with van der Waals surface area (Å²) in [6, 6.07) is 10.1. The molecule has 3 aromatic rings. The number of benzene rings is 1. The van der Waals surface area contributed by atoms with Crippen molar-refractivity contribution in [1.29, 1.82) is 0 Å². The number of nitrogens with zero attached hydrogens (tertiary/aromatic N) is 4. The van der Waals surface area contributed by atoms with Gasteiger partial charge in [0.2, 0.25) is 0 Å². The Morgan fingerprint density at radius 2 is 2.21 bits per heavy atom. The van der Waals surface area contributed by atoms with E-state index in [1.165, 1.54) is 0 Å². The highest BCUT2D eigenvalue weighted by Crippen LogP contribution is 2.14. The molecule has 0 amide bonds. The van der Waals surface area contributed by atoms with Crippen molar-refractivity contribution in [2.45, 2.75) is 6.54 Å². The number of imidazole rings is 1. The van der Waals surface area contributed by atoms with Gasteiger partial charge in [-0.1, -0.05) is 6.07 Å². The molecule has 0 spiro atoms. The van der Waals surface area contributed by atoms with Crippen LogP contribution >= 0.6 is 0 Å². The Bertz CT molecular complexity index is 654. The lowest BCUT2D eigenvalue weighted by molar-refractivity contribution is 0.837. The van der Waals surface area contributed by atoms with Crippen molar-refractivity contribution in [3.63, 3.8) is 0 Å². The van der Waals surface area contributed by atoms with Gasteiger partial charge in [0, 0.05) is 31.3 Å². The van der Waals surface area contributed by atoms with Crippen LogP contribution in [0.5, 0.6) is 0 Å². The fourth-order valence-electron chi connectivity index (χ4n) is 1.93. The van der Waals surface area contributed by atoms with Crippen molar-refractivity contribution in [3.8, 4) is 5.69 Å². The van der Waals surface area contributed by atoms with E-state index in [1.54, 1.807) is 12.5 Å². The van der Waals surface area contributed by atoms with Crippen LogP contribution in [-0.2, 0) is 13.6 Å². The molecule has 96 valence electrons. The molecule has 0 bridgehead atoms. The molecule has 0 saturated heterocycles. The zero-order valence-corrected chi connectivity index (χ0v) is 10.7. The molecule has 0 unspecified atom stereocenters. The van der Waals surface area contributed by atoms with Crippen LogP contribution in [0.4, 0.5) is 5.69 Å². The Kier molecular flexibility index (Phi) is 3.02. The normalized spacial score (nSPS) is 10.6. The Morgan fingerprint density at radius 3 is 2.95 bits per heavy atom. The van der Waals surface area contributed by atoms with Gasteiger partial charge in [-0.15, -0.1) is 0 Å². The van der Waals surface area contributed by atoms with E-state index in [0.29, 0.717) is 0 Å². The largest absolute Gasteiger partial charge is 0.379 e. The smallest absolute Gasteiger partial charge is 0.0946 e. The number of hydrogen-bond donors (Lipinski definition) is 1. The first-order chi connectivity index (χ1) is 9.33. The Hall–Kier alpha value is -2.56. The quantitative estimate of drug-likeness (QED) is 0.775. The molecule has 0 radical (unpaired) electrons. The molecule has 2 aromatic heterocycles. The molecule has 3 rings (SSSR count). The molecular weight excluding hydrogens is 238 g/mol. The third-order valence-electron chi connectivity index (χ3n) is 3.01. The first kappa shape index (κ1) is 11.5. The molecule has 19 heavy (non-hydrogen) atoms. The minimum atomic E-state index is 0.749. The number of rotatable bonds is 4. The van der Waals surface area contributed by atoms with Gasteiger partial charge in [-0.3, -0.25) is 0 Å². The Balaban J connectivity index is 1.75. The van der Waals surface area contributed by atoms with E-state index in [-0.39, 0.29) is 0 Å². The highest BCUT2D eigenvalue weighted by molar-refractivity contribution is 5.50. The second-order valence-electron chi connectivity index (χ2n) is 4.35. The topological polar surface area (TPSA) is 47.7 Å². The first-order valence-corrected chi connectivity index (χ1v) is 6.12. The van der Waals surface area contributed by atoms with Crippen molar-refractivity contribution in [2.75, 3.05) is 5.32 Å². The van der Waals surface area contributed by atoms with Crippen LogP contribution in [-0.4, -0.2) is 19.3 Å². The number of anilines is 1. The van der Waals surface area contributed by atoms with Crippen LogP contribution in [0.1, 0.15) is 5.69 Å². The standard InChI is InChI=1S/C14H15N5/c1-18-11-15-9-14(18)10-16-12-4-2-5-13(8-12)19-7-3-6-17-19/h2-9,11,16H,10H2,1H3. The summed E-state index contributed by atoms with van der Waals surface area (Å²) in [4.78, 5) is 4.10. The number of nitrogens with one attached hydrogen (secondary N) is 1. The SMILES string of the molecule is Cn1cncc1CNc1cccc(-n2cccn2)c1. The summed E-state index contributed by atoms with van der Waals surface area (Å²) >= 11 is 0. The van der Waals surface area contributed by atoms with Gasteiger partial charge in [0.05, 0.1) is 24.3 Å². The molecule has 0 saturated carbocycles. The highest BCUT2D eigenvalue weighted by Gasteiger charge is 2.00. The average Bonchev–Trinajstić information content (AvgIpc) is 3.08. The maximum Gasteiger partial charge on any atom is 0.0946 e. The summed E-state index contributed by atoms with van der Waals surface area (Å²) in [5, 5.41) is 7.61. The third-order valence-corrected chi connectivity index (χ3v) is 3.01. The molecule has 2 heterocycles. The van der Waals surface area contributed by atoms with Crippen LogP contribution in [0.25, 0.3) is 5.69 Å². The van der Waals surface area contributed by atoms with Crippen LogP contribution in [0.3, 0.4) is 0 Å². The first-order valence-electron chi connectivity index (χ1n) is 6.12. The Morgan fingerprint density at radius 1 is 1.26 bits per heavy atom. The predicted molar refractivity (Wildman–Crippen MR) is 74.1 cm³/mol. The number of hydrogen-bond acceptors (Lipinski definition) is 3. The zero-order chi connectivity index (χ0) is 13.1. The summed E-state index contributed by atoms with van der Waals surface area (Å²) in [7, 11) is 1.99. The molecule has 0 aliphatic rings. The van der Waals surface area contributed by atoms with Crippen LogP contribution < -0.4 is 5.32 Å². The molecule has 1 N–H and O–H groups in total. The van der Waals surface area contributed by atoms with Crippen molar-refractivity contribution in [2.24, 2.45) is 7.05 Å². The van der Waals surface area contributed by atoms with Crippen molar-refractivity contribution >= 4 is 5.69 Å². The van der Waals surface area contributed by atoms with Crippen molar-refractivity contribution in [1.82, 2.24) is 19.3 Å². The van der Waals surface area contributed by atoms with E-state index in [9.17, 15) is 0 Å². The molecule has 0 aliphatic carbocycles. The summed E-state index contributed by atoms with van der Waals surface area (Å²) in [5.74, 6) is 0. The molecule has 0 atom stereocenters. The van der Waals surface area contributed by atoms with E-state index in [1.807, 2.05) is 53.0 Å². The van der Waals surface area contributed by atoms with Gasteiger partial charge in [-0.05, 0) is 24.3 Å². The summed E-state index contributed by atoms with van der Waals surface area (Å²) in [6.07, 6.45) is 7.37. The predicted octanol–water partition coefficient (Wildman–Crippen LogP) is 2.22. The summed E-state index contributed by atoms with van der Waals surface area (Å²) < 4.78 is 3.85. The lowest BCUT2D eigenvalue weighted by Crippen LogP contribution is -2.04. The van der Waals surface area contributed by atoms with Crippen molar-refractivity contribution in [3.05, 3.63) is 60.9 Å². The maximum atomic E-state index is 4.23. The second kappa shape index (κ2) is 4.97. The van der Waals surface area contributed by atoms with Gasteiger partial charge in [-0.2, -0.15) is 5.10 Å². The molecule has 5 heteroatoms. The number of aromatic nitrogens is 4. The fraction of sp³-hybridized carbons (Fsp3) is 0.143. The lowest BCUT2D eigenvalue weighted by atomic mass is 10.2. The van der Waals surface area contributed by atoms with E-state index in [4.69, 9.17) is 0 Å². The minimum absolute atomic E-state index is 0.749. The fourth-order valence-corrected chi connectivity index (χ4v) is 1.93. The Labute approximate surface area is 111 Å². The lowest BCUT2D eigenvalue weighted by Gasteiger charge is -2.09. The molecule has 0 aliphatic heterocycles. The maximum absolute atomic E-state index is 4.23. The van der Waals surface area contributed by atoms with E-state index < -0.39 is 0 Å². The summed E-state index contributed by atoms with van der Waals surface area (Å²) in [6.45, 7) is 0.749. The monoisotopic (exact) mass is 253 g/mol. The third kappa shape index (κ3) is 2.49. The van der Waals surface area contributed by atoms with Gasteiger partial charge >= 0.3 is 0 Å². The second-order valence-corrected chi connectivity index (χ2v) is 4.35. The van der Waals surface area contributed by atoms with Gasteiger partial charge in [0.25, 0.3) is 0 Å². The van der Waals surface area contributed by atoms with Gasteiger partial charge in [0.1, 0.15) is 0 Å². The summed E-state index contributed by atoms with van der Waals surface area (Å²) in [5.41, 5.74) is 3.25. The van der Waals surface area contributed by atoms with Crippen LogP contribution in [0.2, 0.25) is 0 Å². The highest BCUT2D eigenvalue weighted by atomic mass is 15.3. The van der Waals surface area contributed by atoms with E-state index in [2.05, 4.69) is 21.5 Å². The van der Waals surface area contributed by atoms with E-state index in [0.717, 1.165) is 23.6 Å². The average molecular weight is 253 g/mol. The molecule has 1 aromatic carbocycles. The van der Waals surface area contributed by atoms with E-state index >= 15 is 0 Å². The van der Waals surface area contributed by atoms with Crippen LogP contribution in [0.15, 0.2) is 55.2 Å². The number of aryl methyl sites for hydroxylation is 1. The molecule has 0 fully saturated rings.